The monoisotopic (exact) mass is 924 g/mol. The highest BCUT2D eigenvalue weighted by Crippen LogP contribution is 2.43. The maximum atomic E-state index is 12.6. The Labute approximate surface area is 396 Å². The Balaban J connectivity index is 4.10. The minimum absolute atomic E-state index is 0.0402. The van der Waals surface area contributed by atoms with Crippen molar-refractivity contribution in [2.45, 2.75) is 187 Å². The average Bonchev–Trinajstić information content (AvgIpc) is 3.30. The van der Waals surface area contributed by atoms with E-state index < -0.39 is 32.5 Å². The van der Waals surface area contributed by atoms with Crippen molar-refractivity contribution in [2.24, 2.45) is 5.73 Å². The fraction of sp³-hybridized carbons (Fsp3) is 0.600. The molecule has 0 aliphatic heterocycles. The second kappa shape index (κ2) is 49.8. The van der Waals surface area contributed by atoms with Crippen LogP contribution >= 0.6 is 7.82 Å². The van der Waals surface area contributed by atoms with Crippen molar-refractivity contribution >= 4 is 19.8 Å². The topological polar surface area (TPSA) is 134 Å². The fourth-order valence-corrected chi connectivity index (χ4v) is 6.98. The molecule has 0 aromatic heterocycles. The van der Waals surface area contributed by atoms with Crippen LogP contribution in [0, 0.1) is 0 Å². The Morgan fingerprint density at radius 3 is 1.22 bits per heavy atom. The van der Waals surface area contributed by atoms with E-state index in [9.17, 15) is 19.0 Å². The van der Waals surface area contributed by atoms with Gasteiger partial charge in [-0.3, -0.25) is 18.6 Å². The first kappa shape index (κ1) is 61.4. The van der Waals surface area contributed by atoms with Gasteiger partial charge < -0.3 is 20.1 Å². The van der Waals surface area contributed by atoms with Crippen LogP contribution in [0.1, 0.15) is 181 Å². The summed E-state index contributed by atoms with van der Waals surface area (Å²) in [6.07, 6.45) is 68.2. The zero-order valence-corrected chi connectivity index (χ0v) is 41.6. The molecule has 0 amide bonds. The van der Waals surface area contributed by atoms with Crippen molar-refractivity contribution in [1.29, 1.82) is 0 Å². The fourth-order valence-electron chi connectivity index (χ4n) is 6.22. The van der Waals surface area contributed by atoms with Gasteiger partial charge in [0, 0.05) is 19.4 Å². The van der Waals surface area contributed by atoms with E-state index in [1.165, 1.54) is 38.5 Å². The summed E-state index contributed by atoms with van der Waals surface area (Å²) < 4.78 is 32.8. The summed E-state index contributed by atoms with van der Waals surface area (Å²) in [4.78, 5) is 35.0. The SMILES string of the molecule is CC/C=C\C/C=C\C/C=C\C/C=C\C/C=C\C/C=C\CCCCCCCCCCCCC(=O)OC(COC(=O)CCCC/C=C\C/C=C\C/C=C\C/C=C\CC)COP(=O)(O)OCCN. The van der Waals surface area contributed by atoms with Gasteiger partial charge in [-0.05, 0) is 103 Å². The molecule has 0 fully saturated rings. The van der Waals surface area contributed by atoms with Crippen LogP contribution in [-0.2, 0) is 32.7 Å². The van der Waals surface area contributed by atoms with E-state index in [2.05, 4.69) is 135 Å². The highest BCUT2D eigenvalue weighted by atomic mass is 31.2. The summed E-state index contributed by atoms with van der Waals surface area (Å²) >= 11 is 0. The lowest BCUT2D eigenvalue weighted by molar-refractivity contribution is -0.161. The predicted molar refractivity (Wildman–Crippen MR) is 274 cm³/mol. The third-order valence-electron chi connectivity index (χ3n) is 9.84. The van der Waals surface area contributed by atoms with E-state index in [1.54, 1.807) is 0 Å². The second-order valence-corrected chi connectivity index (χ2v) is 17.4. The average molecular weight is 924 g/mol. The Morgan fingerprint density at radius 2 is 0.800 bits per heavy atom. The number of hydrogen-bond donors (Lipinski definition) is 2. The molecule has 0 saturated carbocycles. The Kier molecular flexibility index (Phi) is 47.1. The number of unbranched alkanes of at least 4 members (excludes halogenated alkanes) is 12. The summed E-state index contributed by atoms with van der Waals surface area (Å²) in [5.41, 5.74) is 5.36. The molecule has 0 aliphatic rings. The molecule has 10 heteroatoms. The normalized spacial score (nSPS) is 14.2. The smallest absolute Gasteiger partial charge is 0.462 e. The van der Waals surface area contributed by atoms with E-state index in [4.69, 9.17) is 24.3 Å². The van der Waals surface area contributed by atoms with Crippen LogP contribution in [0.25, 0.3) is 0 Å². The number of carbonyl (C=O) groups is 2. The van der Waals surface area contributed by atoms with Gasteiger partial charge in [-0.25, -0.2) is 4.57 Å². The van der Waals surface area contributed by atoms with Gasteiger partial charge in [0.25, 0.3) is 0 Å². The minimum atomic E-state index is -4.40. The molecule has 368 valence electrons. The van der Waals surface area contributed by atoms with Crippen molar-refractivity contribution < 1.29 is 37.6 Å². The van der Waals surface area contributed by atoms with Gasteiger partial charge in [-0.1, -0.05) is 187 Å². The molecule has 0 radical (unpaired) electrons. The Bertz CT molecular complexity index is 1470. The summed E-state index contributed by atoms with van der Waals surface area (Å²) in [5, 5.41) is 0. The van der Waals surface area contributed by atoms with Gasteiger partial charge in [-0.2, -0.15) is 0 Å². The first-order chi connectivity index (χ1) is 31.8. The van der Waals surface area contributed by atoms with E-state index in [0.29, 0.717) is 12.8 Å². The van der Waals surface area contributed by atoms with E-state index >= 15 is 0 Å². The first-order valence-corrected chi connectivity index (χ1v) is 26.5. The highest BCUT2D eigenvalue weighted by molar-refractivity contribution is 7.47. The number of rotatable bonds is 45. The third-order valence-corrected chi connectivity index (χ3v) is 10.8. The molecule has 9 nitrogen and oxygen atoms in total. The number of carbonyl (C=O) groups excluding carboxylic acids is 2. The van der Waals surface area contributed by atoms with Gasteiger partial charge in [0.1, 0.15) is 6.61 Å². The van der Waals surface area contributed by atoms with Gasteiger partial charge in [-0.15, -0.1) is 0 Å². The van der Waals surface area contributed by atoms with Crippen LogP contribution in [0.4, 0.5) is 0 Å². The van der Waals surface area contributed by atoms with Gasteiger partial charge in [0.15, 0.2) is 6.10 Å². The molecule has 3 N–H and O–H groups in total. The van der Waals surface area contributed by atoms with Crippen LogP contribution in [0.15, 0.2) is 122 Å². The summed E-state index contributed by atoms with van der Waals surface area (Å²) in [6.45, 7) is 3.43. The maximum absolute atomic E-state index is 12.6. The number of allylic oxidation sites excluding steroid dienone is 20. The lowest BCUT2D eigenvalue weighted by Gasteiger charge is -2.19. The number of hydrogen-bond acceptors (Lipinski definition) is 8. The molecule has 0 aliphatic carbocycles. The molecule has 0 aromatic rings. The van der Waals surface area contributed by atoms with Crippen LogP contribution in [0.5, 0.6) is 0 Å². The number of phosphoric ester groups is 1. The van der Waals surface area contributed by atoms with E-state index in [1.807, 2.05) is 0 Å². The quantitative estimate of drug-likeness (QED) is 0.0265. The van der Waals surface area contributed by atoms with Gasteiger partial charge in [0.2, 0.25) is 0 Å². The van der Waals surface area contributed by atoms with Crippen LogP contribution in [0.3, 0.4) is 0 Å². The van der Waals surface area contributed by atoms with Crippen LogP contribution in [0.2, 0.25) is 0 Å². The summed E-state index contributed by atoms with van der Waals surface area (Å²) in [6, 6.07) is 0. The molecular weight excluding hydrogens is 834 g/mol. The third kappa shape index (κ3) is 49.7. The van der Waals surface area contributed by atoms with Gasteiger partial charge >= 0.3 is 19.8 Å². The van der Waals surface area contributed by atoms with Crippen molar-refractivity contribution in [3.63, 3.8) is 0 Å². The van der Waals surface area contributed by atoms with E-state index in [-0.39, 0.29) is 32.6 Å². The minimum Gasteiger partial charge on any atom is -0.462 e. The molecule has 0 heterocycles. The Morgan fingerprint density at radius 1 is 0.462 bits per heavy atom. The molecule has 0 bridgehead atoms. The molecule has 0 aromatic carbocycles. The molecule has 65 heavy (non-hydrogen) atoms. The molecule has 2 atom stereocenters. The van der Waals surface area contributed by atoms with Crippen molar-refractivity contribution in [3.05, 3.63) is 122 Å². The number of esters is 2. The van der Waals surface area contributed by atoms with Crippen molar-refractivity contribution in [3.8, 4) is 0 Å². The lowest BCUT2D eigenvalue weighted by atomic mass is 10.0. The van der Waals surface area contributed by atoms with Crippen molar-refractivity contribution in [1.82, 2.24) is 0 Å². The molecule has 0 spiro atoms. The second-order valence-electron chi connectivity index (χ2n) is 15.9. The van der Waals surface area contributed by atoms with Crippen LogP contribution in [-0.4, -0.2) is 49.3 Å². The number of phosphoric acid groups is 1. The molecule has 2 unspecified atom stereocenters. The zero-order chi connectivity index (χ0) is 47.4. The molecule has 0 saturated heterocycles. The predicted octanol–water partition coefficient (Wildman–Crippen LogP) is 15.3. The molecular formula is C55H90NO8P. The van der Waals surface area contributed by atoms with Crippen LogP contribution < -0.4 is 5.73 Å². The largest absolute Gasteiger partial charge is 0.472 e. The van der Waals surface area contributed by atoms with Gasteiger partial charge in [0.05, 0.1) is 13.2 Å². The lowest BCUT2D eigenvalue weighted by Crippen LogP contribution is -2.29. The maximum Gasteiger partial charge on any atom is 0.472 e. The Hall–Kier alpha value is -3.59. The summed E-state index contributed by atoms with van der Waals surface area (Å²) in [7, 11) is -4.40. The standard InChI is InChI=1S/C55H90NO8P/c1-3-5-7-9-11-13-15-17-19-20-21-22-23-24-25-26-27-28-29-30-31-32-34-36-38-40-42-44-46-48-55(58)64-53(52-63-65(59,60)62-50-49-56)51-61-54(57)47-45-43-41-39-37-35-33-18-16-14-12-10-8-6-4-2/h5-8,11-14,17-19,21-22,24-25,27-28,33,37,39,53H,3-4,9-10,15-16,20,23,26,29-32,34-36,38,40-52,56H2,1-2H3,(H,59,60)/b7-5-,8-6-,13-11-,14-12-,19-17-,22-21-,25-24-,28-27-,33-18-,39-37-. The van der Waals surface area contributed by atoms with E-state index in [0.717, 1.165) is 103 Å². The van der Waals surface area contributed by atoms with Crippen molar-refractivity contribution in [2.75, 3.05) is 26.4 Å². The highest BCUT2D eigenvalue weighted by Gasteiger charge is 2.26. The molecule has 0 rings (SSSR count). The summed E-state index contributed by atoms with van der Waals surface area (Å²) in [5.74, 6) is -0.893. The number of nitrogens with two attached hydrogens (primary N) is 1. The first-order valence-electron chi connectivity index (χ1n) is 25.0. The zero-order valence-electron chi connectivity index (χ0n) is 40.7. The number of ether oxygens (including phenoxy) is 2.